The predicted molar refractivity (Wildman–Crippen MR) is 147 cm³/mol. The lowest BCUT2D eigenvalue weighted by atomic mass is 9.95. The first-order chi connectivity index (χ1) is 19.0. The lowest BCUT2D eigenvalue weighted by Gasteiger charge is -2.45. The van der Waals surface area contributed by atoms with Crippen LogP contribution in [0, 0.1) is 5.82 Å². The Bertz CT molecular complexity index is 1500. The molecule has 1 amide bonds. The molecule has 13 heteroatoms. The van der Waals surface area contributed by atoms with Gasteiger partial charge < -0.3 is 14.5 Å². The monoisotopic (exact) mass is 574 g/mol. The van der Waals surface area contributed by atoms with Gasteiger partial charge in [-0.25, -0.2) is 9.18 Å². The topological polar surface area (TPSA) is 67.7 Å². The van der Waals surface area contributed by atoms with Crippen molar-refractivity contribution in [1.82, 2.24) is 14.5 Å². The number of methoxy groups -OCH3 is 1. The zero-order valence-electron chi connectivity index (χ0n) is 22.2. The zero-order chi connectivity index (χ0) is 28.9. The van der Waals surface area contributed by atoms with Gasteiger partial charge in [0.2, 0.25) is 5.91 Å². The number of carbonyl (C=O) groups excluding carboxylic acids is 1. The van der Waals surface area contributed by atoms with Gasteiger partial charge in [0.15, 0.2) is 0 Å². The van der Waals surface area contributed by atoms with Gasteiger partial charge in [-0.15, -0.1) is 11.8 Å². The molecule has 2 aromatic carbocycles. The van der Waals surface area contributed by atoms with Crippen LogP contribution in [0.25, 0.3) is 22.0 Å². The molecule has 2 aliphatic heterocycles. The van der Waals surface area contributed by atoms with Crippen LogP contribution in [0.1, 0.15) is 25.5 Å². The van der Waals surface area contributed by atoms with Crippen molar-refractivity contribution in [2.45, 2.75) is 49.4 Å². The molecule has 0 aliphatic carbocycles. The molecule has 1 fully saturated rings. The molecular weight excluding hydrogens is 547 g/mol. The van der Waals surface area contributed by atoms with Crippen LogP contribution in [0.5, 0.6) is 0 Å². The lowest BCUT2D eigenvalue weighted by molar-refractivity contribution is -0.137. The Kier molecular flexibility index (Phi) is 7.64. The normalized spacial score (nSPS) is 21.2. The van der Waals surface area contributed by atoms with E-state index >= 15 is 0 Å². The molecule has 1 saturated heterocycles. The Balaban J connectivity index is 1.80. The average molecular weight is 574 g/mol. The molecule has 7 nitrogen and oxygen atoms in total. The second kappa shape index (κ2) is 10.7. The fourth-order valence-electron chi connectivity index (χ4n) is 5.87. The number of nitrogens with zero attached hydrogens (tertiary/aromatic N) is 4. The molecule has 0 bridgehead atoms. The van der Waals surface area contributed by atoms with Gasteiger partial charge in [-0.3, -0.25) is 9.36 Å². The van der Waals surface area contributed by atoms with Crippen LogP contribution in [0.3, 0.4) is 0 Å². The predicted octanol–water partition coefficient (Wildman–Crippen LogP) is 4.53. The summed E-state index contributed by atoms with van der Waals surface area (Å²) in [7, 11) is 7.08. The van der Waals surface area contributed by atoms with Crippen LogP contribution in [-0.2, 0) is 15.7 Å². The summed E-state index contributed by atoms with van der Waals surface area (Å²) < 4.78 is 64.5. The first-order valence-electron chi connectivity index (χ1n) is 12.8. The standard InChI is InChI=1S/C27H27BF4N4O3S/c1-14-10-34(11-15(2)35(14)21(37)9-28)25-19-8-20(27(30,31)32)22(16-4-6-17(29)7-5-16)24-23(19)36(26(38)33-25)18(12-39-3)13-40-24/h4-8,14-15,18H,9-13H2,1-3H3/t14-,15+,18-/m0/s1. The fourth-order valence-corrected chi connectivity index (χ4v) is 7.19. The molecule has 210 valence electrons. The molecule has 0 saturated carbocycles. The largest absolute Gasteiger partial charge is 0.417 e. The van der Waals surface area contributed by atoms with Crippen molar-refractivity contribution in [2.75, 3.05) is 37.5 Å². The number of aromatic nitrogens is 2. The third-order valence-electron chi connectivity index (χ3n) is 7.41. The fraction of sp³-hybridized carbons (Fsp3) is 0.444. The lowest BCUT2D eigenvalue weighted by Crippen LogP contribution is -2.59. The molecular formula is C27H27BF4N4O3S. The van der Waals surface area contributed by atoms with Crippen LogP contribution >= 0.6 is 11.8 Å². The van der Waals surface area contributed by atoms with Crippen LogP contribution in [-0.4, -0.2) is 72.8 Å². The number of carbonyl (C=O) groups is 1. The molecule has 5 rings (SSSR count). The van der Waals surface area contributed by atoms with Crippen molar-refractivity contribution in [3.63, 3.8) is 0 Å². The molecule has 3 aromatic rings. The van der Waals surface area contributed by atoms with Crippen molar-refractivity contribution in [2.24, 2.45) is 0 Å². The Hall–Kier alpha value is -3.06. The summed E-state index contributed by atoms with van der Waals surface area (Å²) in [5.41, 5.74) is -1.08. The average Bonchev–Trinajstić information content (AvgIpc) is 2.90. The van der Waals surface area contributed by atoms with Crippen molar-refractivity contribution in [1.29, 1.82) is 0 Å². The van der Waals surface area contributed by atoms with E-state index in [2.05, 4.69) is 4.98 Å². The molecule has 3 atom stereocenters. The van der Waals surface area contributed by atoms with Gasteiger partial charge in [0.05, 0.1) is 31.6 Å². The van der Waals surface area contributed by atoms with Gasteiger partial charge in [-0.05, 0) is 43.9 Å². The quantitative estimate of drug-likeness (QED) is 0.330. The van der Waals surface area contributed by atoms with Gasteiger partial charge in [0, 0.05) is 53.9 Å². The SMILES string of the molecule is [B]CC(=O)N1[C@H](C)CN(c2nc(=O)n3c4c(c(-c5ccc(F)cc5)c(C(F)(F)F)cc24)SC[C@@H]3COC)C[C@@H]1C. The minimum absolute atomic E-state index is 0.105. The summed E-state index contributed by atoms with van der Waals surface area (Å²) in [6.45, 7) is 4.33. The Labute approximate surface area is 233 Å². The number of anilines is 1. The number of rotatable bonds is 5. The number of halogens is 4. The van der Waals surface area contributed by atoms with Crippen molar-refractivity contribution >= 4 is 42.2 Å². The van der Waals surface area contributed by atoms with Gasteiger partial charge in [-0.2, -0.15) is 18.2 Å². The Morgan fingerprint density at radius 1 is 1.18 bits per heavy atom. The van der Waals surface area contributed by atoms with E-state index in [0.29, 0.717) is 11.3 Å². The van der Waals surface area contributed by atoms with E-state index in [1.165, 1.54) is 35.6 Å². The zero-order valence-corrected chi connectivity index (χ0v) is 23.0. The third kappa shape index (κ3) is 4.87. The van der Waals surface area contributed by atoms with E-state index in [-0.39, 0.29) is 71.2 Å². The summed E-state index contributed by atoms with van der Waals surface area (Å²) >= 11 is 1.21. The minimum Gasteiger partial charge on any atom is -0.383 e. The van der Waals surface area contributed by atoms with Crippen molar-refractivity contribution in [3.05, 3.63) is 52.2 Å². The highest BCUT2D eigenvalue weighted by Crippen LogP contribution is 2.49. The maximum absolute atomic E-state index is 14.7. The Morgan fingerprint density at radius 3 is 2.40 bits per heavy atom. The number of ether oxygens (including phenoxy) is 1. The molecule has 40 heavy (non-hydrogen) atoms. The summed E-state index contributed by atoms with van der Waals surface area (Å²) in [5, 5.41) is 0.180. The number of hydrogen-bond donors (Lipinski definition) is 0. The van der Waals surface area contributed by atoms with Crippen molar-refractivity contribution < 1.29 is 27.1 Å². The summed E-state index contributed by atoms with van der Waals surface area (Å²) in [4.78, 5) is 34.0. The number of benzene rings is 2. The van der Waals surface area contributed by atoms with Crippen molar-refractivity contribution in [3.8, 4) is 11.1 Å². The third-order valence-corrected chi connectivity index (χ3v) is 8.65. The number of thioether (sulfide) groups is 1. The first kappa shape index (κ1) is 28.5. The van der Waals surface area contributed by atoms with Gasteiger partial charge in [-0.1, -0.05) is 12.1 Å². The maximum atomic E-state index is 14.7. The highest BCUT2D eigenvalue weighted by Gasteiger charge is 2.40. The second-order valence-corrected chi connectivity index (χ2v) is 11.2. The van der Waals surface area contributed by atoms with E-state index in [1.54, 1.807) is 9.80 Å². The summed E-state index contributed by atoms with van der Waals surface area (Å²) in [6, 6.07) is 4.81. The Morgan fingerprint density at radius 2 is 1.82 bits per heavy atom. The second-order valence-electron chi connectivity index (χ2n) is 10.1. The van der Waals surface area contributed by atoms with E-state index in [1.807, 2.05) is 13.8 Å². The van der Waals surface area contributed by atoms with E-state index in [0.717, 1.165) is 18.2 Å². The highest BCUT2D eigenvalue weighted by molar-refractivity contribution is 7.99. The van der Waals surface area contributed by atoms with Crippen LogP contribution in [0.15, 0.2) is 40.0 Å². The molecule has 2 radical (unpaired) electrons. The molecule has 0 unspecified atom stereocenters. The summed E-state index contributed by atoms with van der Waals surface area (Å²) in [6.07, 6.45) is -4.90. The van der Waals surface area contributed by atoms with E-state index in [4.69, 9.17) is 12.6 Å². The molecule has 0 spiro atoms. The maximum Gasteiger partial charge on any atom is 0.417 e. The number of amides is 1. The van der Waals surface area contributed by atoms with Crippen LogP contribution in [0.4, 0.5) is 23.4 Å². The van der Waals surface area contributed by atoms with Crippen LogP contribution < -0.4 is 10.6 Å². The molecule has 1 aromatic heterocycles. The van der Waals surface area contributed by atoms with Crippen LogP contribution in [0.2, 0.25) is 6.32 Å². The highest BCUT2D eigenvalue weighted by atomic mass is 32.2. The number of hydrogen-bond acceptors (Lipinski definition) is 6. The van der Waals surface area contributed by atoms with E-state index < -0.39 is 29.3 Å². The number of alkyl halides is 3. The molecule has 2 aliphatic rings. The summed E-state index contributed by atoms with van der Waals surface area (Å²) in [5.74, 6) is -0.378. The van der Waals surface area contributed by atoms with Gasteiger partial charge in [0.1, 0.15) is 11.6 Å². The van der Waals surface area contributed by atoms with Gasteiger partial charge in [0.25, 0.3) is 0 Å². The van der Waals surface area contributed by atoms with E-state index in [9.17, 15) is 27.2 Å². The molecule has 0 N–H and O–H groups in total. The van der Waals surface area contributed by atoms with Gasteiger partial charge >= 0.3 is 11.9 Å². The number of piperazine rings is 1. The molecule has 3 heterocycles. The smallest absolute Gasteiger partial charge is 0.383 e. The first-order valence-corrected chi connectivity index (χ1v) is 13.8. The minimum atomic E-state index is -4.75.